The Kier molecular flexibility index (Phi) is 4.34. The van der Waals surface area contributed by atoms with Crippen molar-refractivity contribution in [2.75, 3.05) is 6.61 Å². The minimum absolute atomic E-state index is 0.196. The van der Waals surface area contributed by atoms with Gasteiger partial charge in [-0.25, -0.2) is 18.0 Å². The molecule has 18 heavy (non-hydrogen) atoms. The Balaban J connectivity index is 3.31. The van der Waals surface area contributed by atoms with Gasteiger partial charge in [-0.2, -0.15) is 0 Å². The highest BCUT2D eigenvalue weighted by Gasteiger charge is 2.49. The lowest BCUT2D eigenvalue weighted by Gasteiger charge is -2.19. The number of halogens is 4. The van der Waals surface area contributed by atoms with E-state index in [2.05, 4.69) is 4.74 Å². The fourth-order valence-corrected chi connectivity index (χ4v) is 1.44. The van der Waals surface area contributed by atoms with Crippen LogP contribution in [0.1, 0.15) is 12.5 Å². The highest BCUT2D eigenvalue weighted by Crippen LogP contribution is 2.31. The van der Waals surface area contributed by atoms with Crippen LogP contribution in [0.4, 0.5) is 13.2 Å². The molecule has 98 valence electrons. The normalized spacial score (nSPS) is 13.8. The van der Waals surface area contributed by atoms with Crippen molar-refractivity contribution in [3.63, 3.8) is 0 Å². The molecule has 0 heterocycles. The van der Waals surface area contributed by atoms with E-state index < -0.39 is 34.1 Å². The zero-order valence-electron chi connectivity index (χ0n) is 9.18. The van der Waals surface area contributed by atoms with Gasteiger partial charge in [0.05, 0.1) is 6.61 Å². The summed E-state index contributed by atoms with van der Waals surface area (Å²) in [7, 11) is 0. The third-order valence-corrected chi connectivity index (χ3v) is 2.41. The second-order valence-electron chi connectivity index (χ2n) is 3.28. The Morgan fingerprint density at radius 1 is 1.33 bits per heavy atom. The summed E-state index contributed by atoms with van der Waals surface area (Å²) >= 11 is 5.01. The molecule has 0 saturated heterocycles. The smallest absolute Gasteiger partial charge is 0.358 e. The zero-order chi connectivity index (χ0) is 13.9. The third-order valence-electron chi connectivity index (χ3n) is 2.14. The first-order chi connectivity index (χ1) is 8.33. The molecule has 0 saturated carbocycles. The van der Waals surface area contributed by atoms with E-state index in [1.165, 1.54) is 6.92 Å². The van der Waals surface area contributed by atoms with Gasteiger partial charge in [0.25, 0.3) is 5.24 Å². The first-order valence-electron chi connectivity index (χ1n) is 4.85. The Bertz CT molecular complexity index is 492. The molecule has 0 fully saturated rings. The van der Waals surface area contributed by atoms with Crippen molar-refractivity contribution in [3.8, 4) is 0 Å². The molecule has 3 nitrogen and oxygen atoms in total. The average molecular weight is 281 g/mol. The molecule has 1 aromatic carbocycles. The van der Waals surface area contributed by atoms with Gasteiger partial charge in [0, 0.05) is 5.56 Å². The van der Waals surface area contributed by atoms with Gasteiger partial charge < -0.3 is 4.74 Å². The van der Waals surface area contributed by atoms with Crippen molar-refractivity contribution in [2.24, 2.45) is 0 Å². The first kappa shape index (κ1) is 14.5. The van der Waals surface area contributed by atoms with Crippen LogP contribution >= 0.6 is 11.6 Å². The summed E-state index contributed by atoms with van der Waals surface area (Å²) in [6.45, 7) is 1.20. The van der Waals surface area contributed by atoms with E-state index in [4.69, 9.17) is 11.6 Å². The quantitative estimate of drug-likeness (QED) is 0.483. The fraction of sp³-hybridized carbons (Fsp3) is 0.273. The number of alkyl halides is 1. The van der Waals surface area contributed by atoms with E-state index in [0.717, 1.165) is 6.07 Å². The molecule has 7 heteroatoms. The molecule has 1 unspecified atom stereocenters. The highest BCUT2D eigenvalue weighted by molar-refractivity contribution is 6.67. The molecule has 0 amide bonds. The molecular weight excluding hydrogens is 273 g/mol. The molecule has 0 aliphatic carbocycles. The van der Waals surface area contributed by atoms with Gasteiger partial charge in [0.15, 0.2) is 11.6 Å². The maximum Gasteiger partial charge on any atom is 0.358 e. The molecule has 0 aromatic heterocycles. The van der Waals surface area contributed by atoms with E-state index in [1.807, 2.05) is 0 Å². The number of rotatable bonds is 4. The molecule has 0 N–H and O–H groups in total. The molecule has 0 bridgehead atoms. The Morgan fingerprint density at radius 2 is 1.94 bits per heavy atom. The molecule has 1 rings (SSSR count). The minimum atomic E-state index is -3.36. The molecule has 1 aromatic rings. The Labute approximate surface area is 105 Å². The van der Waals surface area contributed by atoms with Gasteiger partial charge in [-0.05, 0) is 30.7 Å². The number of carbonyl (C=O) groups excluding carboxylic acids is 2. The second kappa shape index (κ2) is 5.39. The van der Waals surface area contributed by atoms with Crippen LogP contribution in [0, 0.1) is 11.6 Å². The Morgan fingerprint density at radius 3 is 2.39 bits per heavy atom. The lowest BCUT2D eigenvalue weighted by molar-refractivity contribution is -0.160. The van der Waals surface area contributed by atoms with E-state index >= 15 is 0 Å². The van der Waals surface area contributed by atoms with Gasteiger partial charge >= 0.3 is 11.6 Å². The van der Waals surface area contributed by atoms with Crippen LogP contribution in [-0.4, -0.2) is 17.8 Å². The highest BCUT2D eigenvalue weighted by atomic mass is 35.5. The first-order valence-corrected chi connectivity index (χ1v) is 5.23. The predicted molar refractivity (Wildman–Crippen MR) is 56.6 cm³/mol. The average Bonchev–Trinajstić information content (AvgIpc) is 2.31. The summed E-state index contributed by atoms with van der Waals surface area (Å²) in [6.07, 6.45) is 0. The van der Waals surface area contributed by atoms with Crippen molar-refractivity contribution in [3.05, 3.63) is 35.4 Å². The number of esters is 1. The SMILES string of the molecule is CCOC(=O)C(F)(C(=O)Cl)c1ccc(F)c(F)c1. The minimum Gasteiger partial charge on any atom is -0.463 e. The van der Waals surface area contributed by atoms with Crippen molar-refractivity contribution in [2.45, 2.75) is 12.6 Å². The summed E-state index contributed by atoms with van der Waals surface area (Å²) in [5.74, 6) is -4.22. The standard InChI is InChI=1S/C11H8ClF3O3/c1-2-18-10(17)11(15,9(12)16)6-3-4-7(13)8(14)5-6/h3-5H,2H2,1H3. The summed E-state index contributed by atoms with van der Waals surface area (Å²) in [5, 5.41) is -1.69. The van der Waals surface area contributed by atoms with Crippen LogP contribution in [0.2, 0.25) is 0 Å². The Hall–Kier alpha value is -1.56. The molecule has 0 spiro atoms. The van der Waals surface area contributed by atoms with Crippen molar-refractivity contribution in [1.82, 2.24) is 0 Å². The topological polar surface area (TPSA) is 43.4 Å². The van der Waals surface area contributed by atoms with Gasteiger partial charge in [-0.1, -0.05) is 6.07 Å². The second-order valence-corrected chi connectivity index (χ2v) is 3.62. The van der Waals surface area contributed by atoms with Crippen molar-refractivity contribution >= 4 is 22.8 Å². The van der Waals surface area contributed by atoms with Crippen molar-refractivity contribution < 1.29 is 27.5 Å². The van der Waals surface area contributed by atoms with E-state index in [-0.39, 0.29) is 6.61 Å². The van der Waals surface area contributed by atoms with Gasteiger partial charge in [0.2, 0.25) is 0 Å². The van der Waals surface area contributed by atoms with E-state index in [9.17, 15) is 22.8 Å². The summed E-state index contributed by atoms with van der Waals surface area (Å²) in [4.78, 5) is 22.4. The number of hydrogen-bond acceptors (Lipinski definition) is 3. The number of carbonyl (C=O) groups is 2. The molecule has 0 aliphatic rings. The molecule has 1 atom stereocenters. The summed E-state index contributed by atoms with van der Waals surface area (Å²) < 4.78 is 44.3. The van der Waals surface area contributed by atoms with Gasteiger partial charge in [-0.3, -0.25) is 4.79 Å². The van der Waals surface area contributed by atoms with Gasteiger partial charge in [0.1, 0.15) is 0 Å². The maximum atomic E-state index is 14.3. The number of ether oxygens (including phenoxy) is 1. The zero-order valence-corrected chi connectivity index (χ0v) is 9.93. The van der Waals surface area contributed by atoms with Crippen LogP contribution in [0.25, 0.3) is 0 Å². The summed E-state index contributed by atoms with van der Waals surface area (Å²) in [6, 6.07) is 1.71. The van der Waals surface area contributed by atoms with E-state index in [0.29, 0.717) is 12.1 Å². The monoisotopic (exact) mass is 280 g/mol. The molecule has 0 radical (unpaired) electrons. The number of hydrogen-bond donors (Lipinski definition) is 0. The maximum absolute atomic E-state index is 14.3. The summed E-state index contributed by atoms with van der Waals surface area (Å²) in [5.41, 5.74) is -4.08. The lowest BCUT2D eigenvalue weighted by Crippen LogP contribution is -2.38. The van der Waals surface area contributed by atoms with Crippen LogP contribution in [0.15, 0.2) is 18.2 Å². The van der Waals surface area contributed by atoms with Crippen LogP contribution in [0.3, 0.4) is 0 Å². The van der Waals surface area contributed by atoms with Crippen LogP contribution in [-0.2, 0) is 20.0 Å². The lowest BCUT2D eigenvalue weighted by atomic mass is 9.97. The largest absolute Gasteiger partial charge is 0.463 e. The predicted octanol–water partition coefficient (Wildman–Crippen LogP) is 2.46. The third kappa shape index (κ3) is 2.48. The van der Waals surface area contributed by atoms with Crippen molar-refractivity contribution in [1.29, 1.82) is 0 Å². The molecule has 0 aliphatic heterocycles. The molecular formula is C11H8ClF3O3. The number of benzene rings is 1. The van der Waals surface area contributed by atoms with Gasteiger partial charge in [-0.15, -0.1) is 0 Å². The van der Waals surface area contributed by atoms with Crippen LogP contribution < -0.4 is 0 Å². The van der Waals surface area contributed by atoms with E-state index in [1.54, 1.807) is 0 Å². The fourth-order valence-electron chi connectivity index (χ4n) is 1.25. The van der Waals surface area contributed by atoms with Crippen LogP contribution in [0.5, 0.6) is 0 Å².